The van der Waals surface area contributed by atoms with E-state index in [4.69, 9.17) is 0 Å². The van der Waals surface area contributed by atoms with Gasteiger partial charge in [0.2, 0.25) is 0 Å². The SMILES string of the molecule is Cc1cn[nH]c1[C@@H]1CCN(C(=O)c2cc3ccccc3s2)C1. The van der Waals surface area contributed by atoms with Crippen molar-refractivity contribution in [1.82, 2.24) is 15.1 Å². The van der Waals surface area contributed by atoms with Crippen molar-refractivity contribution in [2.45, 2.75) is 19.3 Å². The summed E-state index contributed by atoms with van der Waals surface area (Å²) in [5, 5.41) is 8.33. The predicted molar refractivity (Wildman–Crippen MR) is 88.4 cm³/mol. The standard InChI is InChI=1S/C17H17N3OS/c1-11-9-18-19-16(11)13-6-7-20(10-13)17(21)15-8-12-4-2-3-5-14(12)22-15/h2-5,8-9,13H,6-7,10H2,1H3,(H,18,19)/t13-/m1/s1. The molecule has 0 spiro atoms. The van der Waals surface area contributed by atoms with Crippen LogP contribution in [0.25, 0.3) is 10.1 Å². The number of likely N-dealkylation sites (tertiary alicyclic amines) is 1. The average Bonchev–Trinajstić information content (AvgIpc) is 3.24. The number of aryl methyl sites for hydroxylation is 1. The third kappa shape index (κ3) is 2.22. The average molecular weight is 311 g/mol. The Hall–Kier alpha value is -2.14. The molecule has 0 saturated carbocycles. The highest BCUT2D eigenvalue weighted by Gasteiger charge is 2.30. The summed E-state index contributed by atoms with van der Waals surface area (Å²) >= 11 is 1.58. The summed E-state index contributed by atoms with van der Waals surface area (Å²) in [6.07, 6.45) is 2.85. The van der Waals surface area contributed by atoms with Crippen LogP contribution < -0.4 is 0 Å². The van der Waals surface area contributed by atoms with E-state index in [1.54, 1.807) is 11.3 Å². The number of carbonyl (C=O) groups excluding carboxylic acids is 1. The van der Waals surface area contributed by atoms with Gasteiger partial charge in [-0.25, -0.2) is 0 Å². The van der Waals surface area contributed by atoms with E-state index >= 15 is 0 Å². The van der Waals surface area contributed by atoms with Gasteiger partial charge in [-0.1, -0.05) is 18.2 Å². The number of hydrogen-bond acceptors (Lipinski definition) is 3. The van der Waals surface area contributed by atoms with Crippen LogP contribution in [0.3, 0.4) is 0 Å². The van der Waals surface area contributed by atoms with Crippen LogP contribution in [0.2, 0.25) is 0 Å². The maximum atomic E-state index is 12.7. The summed E-state index contributed by atoms with van der Waals surface area (Å²) < 4.78 is 1.17. The monoisotopic (exact) mass is 311 g/mol. The fourth-order valence-corrected chi connectivity index (χ4v) is 4.22. The predicted octanol–water partition coefficient (Wildman–Crippen LogP) is 3.56. The Morgan fingerprint density at radius 2 is 2.27 bits per heavy atom. The van der Waals surface area contributed by atoms with Crippen LogP contribution in [0.1, 0.15) is 33.3 Å². The second-order valence-corrected chi connectivity index (χ2v) is 6.94. The van der Waals surface area contributed by atoms with Gasteiger partial charge in [-0.05, 0) is 36.4 Å². The number of aromatic amines is 1. The molecule has 1 N–H and O–H groups in total. The van der Waals surface area contributed by atoms with Gasteiger partial charge in [0.15, 0.2) is 0 Å². The molecular formula is C17H17N3OS. The molecule has 1 fully saturated rings. The van der Waals surface area contributed by atoms with E-state index in [1.165, 1.54) is 16.0 Å². The van der Waals surface area contributed by atoms with Gasteiger partial charge in [-0.15, -0.1) is 11.3 Å². The van der Waals surface area contributed by atoms with E-state index in [0.717, 1.165) is 29.8 Å². The molecule has 3 aromatic rings. The molecule has 1 amide bonds. The van der Waals surface area contributed by atoms with Crippen molar-refractivity contribution in [3.8, 4) is 0 Å². The van der Waals surface area contributed by atoms with E-state index in [-0.39, 0.29) is 5.91 Å². The largest absolute Gasteiger partial charge is 0.337 e. The molecule has 22 heavy (non-hydrogen) atoms. The van der Waals surface area contributed by atoms with Crippen LogP contribution in [0.15, 0.2) is 36.5 Å². The fraction of sp³-hybridized carbons (Fsp3) is 0.294. The lowest BCUT2D eigenvalue weighted by Gasteiger charge is -2.15. The summed E-state index contributed by atoms with van der Waals surface area (Å²) in [4.78, 5) is 15.5. The number of hydrogen-bond donors (Lipinski definition) is 1. The van der Waals surface area contributed by atoms with Gasteiger partial charge in [0.05, 0.1) is 11.1 Å². The number of nitrogens with zero attached hydrogens (tertiary/aromatic N) is 2. The quantitative estimate of drug-likeness (QED) is 0.786. The number of carbonyl (C=O) groups is 1. The molecule has 4 nitrogen and oxygen atoms in total. The van der Waals surface area contributed by atoms with E-state index in [1.807, 2.05) is 29.3 Å². The molecular weight excluding hydrogens is 294 g/mol. The van der Waals surface area contributed by atoms with Gasteiger partial charge in [0.25, 0.3) is 5.91 Å². The summed E-state index contributed by atoms with van der Waals surface area (Å²) in [5.74, 6) is 0.529. The minimum atomic E-state index is 0.154. The molecule has 1 aromatic carbocycles. The highest BCUT2D eigenvalue weighted by Crippen LogP contribution is 2.31. The van der Waals surface area contributed by atoms with Crippen LogP contribution in [0.5, 0.6) is 0 Å². The number of nitrogens with one attached hydrogen (secondary N) is 1. The fourth-order valence-electron chi connectivity index (χ4n) is 3.19. The van der Waals surface area contributed by atoms with Gasteiger partial charge in [0.1, 0.15) is 0 Å². The van der Waals surface area contributed by atoms with E-state index in [2.05, 4.69) is 29.3 Å². The molecule has 0 bridgehead atoms. The van der Waals surface area contributed by atoms with Crippen molar-refractivity contribution in [1.29, 1.82) is 0 Å². The Balaban J connectivity index is 1.55. The zero-order valence-corrected chi connectivity index (χ0v) is 13.2. The van der Waals surface area contributed by atoms with Crippen LogP contribution in [0.4, 0.5) is 0 Å². The topological polar surface area (TPSA) is 49.0 Å². The van der Waals surface area contributed by atoms with Gasteiger partial charge in [-0.2, -0.15) is 5.10 Å². The Morgan fingerprint density at radius 1 is 1.41 bits per heavy atom. The molecule has 5 heteroatoms. The van der Waals surface area contributed by atoms with Gasteiger partial charge >= 0.3 is 0 Å². The third-order valence-corrected chi connectivity index (χ3v) is 5.49. The van der Waals surface area contributed by atoms with E-state index in [9.17, 15) is 4.79 Å². The molecule has 1 saturated heterocycles. The Morgan fingerprint density at radius 3 is 3.05 bits per heavy atom. The van der Waals surface area contributed by atoms with Gasteiger partial charge < -0.3 is 4.90 Å². The zero-order valence-electron chi connectivity index (χ0n) is 12.4. The third-order valence-electron chi connectivity index (χ3n) is 4.39. The lowest BCUT2D eigenvalue weighted by molar-refractivity contribution is 0.0795. The van der Waals surface area contributed by atoms with E-state index in [0.29, 0.717) is 5.92 Å². The van der Waals surface area contributed by atoms with Crippen LogP contribution in [-0.4, -0.2) is 34.1 Å². The van der Waals surface area contributed by atoms with Gasteiger partial charge in [-0.3, -0.25) is 9.89 Å². The Labute approximate surface area is 132 Å². The zero-order chi connectivity index (χ0) is 15.1. The molecule has 0 aliphatic carbocycles. The molecule has 2 aromatic heterocycles. The summed E-state index contributed by atoms with van der Waals surface area (Å²) in [6.45, 7) is 3.65. The first-order valence-corrected chi connectivity index (χ1v) is 8.32. The summed E-state index contributed by atoms with van der Waals surface area (Å²) in [7, 11) is 0. The normalized spacial score (nSPS) is 18.2. The minimum absolute atomic E-state index is 0.154. The van der Waals surface area contributed by atoms with E-state index < -0.39 is 0 Å². The van der Waals surface area contributed by atoms with Crippen molar-refractivity contribution in [3.63, 3.8) is 0 Å². The molecule has 4 rings (SSSR count). The Kier molecular flexibility index (Phi) is 3.22. The van der Waals surface area contributed by atoms with Crippen molar-refractivity contribution < 1.29 is 4.79 Å². The molecule has 112 valence electrons. The number of fused-ring (bicyclic) bond motifs is 1. The van der Waals surface area contributed by atoms with Crippen molar-refractivity contribution in [2.75, 3.05) is 13.1 Å². The number of aromatic nitrogens is 2. The number of rotatable bonds is 2. The summed E-state index contributed by atoms with van der Waals surface area (Å²) in [6, 6.07) is 10.2. The minimum Gasteiger partial charge on any atom is -0.337 e. The summed E-state index contributed by atoms with van der Waals surface area (Å²) in [5.41, 5.74) is 2.35. The number of thiophene rings is 1. The molecule has 1 aliphatic rings. The first-order valence-electron chi connectivity index (χ1n) is 7.50. The van der Waals surface area contributed by atoms with Crippen LogP contribution in [-0.2, 0) is 0 Å². The number of benzene rings is 1. The maximum absolute atomic E-state index is 12.7. The molecule has 0 unspecified atom stereocenters. The smallest absolute Gasteiger partial charge is 0.263 e. The van der Waals surface area contributed by atoms with Crippen molar-refractivity contribution in [3.05, 3.63) is 52.7 Å². The second kappa shape index (κ2) is 5.25. The molecule has 1 atom stereocenters. The number of amides is 1. The van der Waals surface area contributed by atoms with Crippen LogP contribution in [0, 0.1) is 6.92 Å². The Bertz CT molecular complexity index is 802. The molecule has 3 heterocycles. The first-order chi connectivity index (χ1) is 10.7. The van der Waals surface area contributed by atoms with Crippen LogP contribution >= 0.6 is 11.3 Å². The molecule has 1 aliphatic heterocycles. The lowest BCUT2D eigenvalue weighted by Crippen LogP contribution is -2.27. The second-order valence-electron chi connectivity index (χ2n) is 5.85. The highest BCUT2D eigenvalue weighted by molar-refractivity contribution is 7.20. The van der Waals surface area contributed by atoms with Crippen molar-refractivity contribution in [2.24, 2.45) is 0 Å². The maximum Gasteiger partial charge on any atom is 0.263 e. The highest BCUT2D eigenvalue weighted by atomic mass is 32.1. The number of H-pyrrole nitrogens is 1. The molecule has 0 radical (unpaired) electrons. The van der Waals surface area contributed by atoms with Gasteiger partial charge in [0, 0.05) is 29.4 Å². The lowest BCUT2D eigenvalue weighted by atomic mass is 10.0. The van der Waals surface area contributed by atoms with Crippen molar-refractivity contribution >= 4 is 27.3 Å². The first kappa shape index (κ1) is 13.5.